The molecule has 0 N–H and O–H groups in total. The molecule has 0 unspecified atom stereocenters. The standard InChI is InChI=1S/C18H23NOS/c1-14-16(17-12-21-13-19-17)8-5-9-18(14)20-11-10-15-6-3-2-4-7-15/h5,8-9,12-13,15H,2-4,6-7,10-11H2,1H3. The molecule has 3 rings (SSSR count). The minimum Gasteiger partial charge on any atom is -0.493 e. The first-order chi connectivity index (χ1) is 10.3. The van der Waals surface area contributed by atoms with Gasteiger partial charge in [0.05, 0.1) is 17.8 Å². The van der Waals surface area contributed by atoms with Gasteiger partial charge in [0.2, 0.25) is 0 Å². The molecule has 3 heteroatoms. The first kappa shape index (κ1) is 14.6. The highest BCUT2D eigenvalue weighted by Crippen LogP contribution is 2.31. The van der Waals surface area contributed by atoms with E-state index in [1.165, 1.54) is 49.7 Å². The highest BCUT2D eigenvalue weighted by Gasteiger charge is 2.14. The van der Waals surface area contributed by atoms with Gasteiger partial charge in [-0.1, -0.05) is 44.2 Å². The van der Waals surface area contributed by atoms with Crippen LogP contribution in [0.4, 0.5) is 0 Å². The third kappa shape index (κ3) is 3.65. The Morgan fingerprint density at radius 3 is 2.86 bits per heavy atom. The molecule has 0 atom stereocenters. The number of aromatic nitrogens is 1. The molecule has 1 saturated carbocycles. The van der Waals surface area contributed by atoms with Crippen LogP contribution in [-0.4, -0.2) is 11.6 Å². The second-order valence-corrected chi connectivity index (χ2v) is 6.66. The largest absolute Gasteiger partial charge is 0.493 e. The Morgan fingerprint density at radius 2 is 2.10 bits per heavy atom. The molecule has 1 heterocycles. The fourth-order valence-electron chi connectivity index (χ4n) is 3.21. The summed E-state index contributed by atoms with van der Waals surface area (Å²) in [6.07, 6.45) is 8.21. The lowest BCUT2D eigenvalue weighted by Gasteiger charge is -2.21. The molecule has 1 aliphatic carbocycles. The Bertz CT molecular complexity index is 559. The van der Waals surface area contributed by atoms with Gasteiger partial charge in [0.15, 0.2) is 0 Å². The zero-order chi connectivity index (χ0) is 14.5. The summed E-state index contributed by atoms with van der Waals surface area (Å²) in [5, 5.41) is 2.09. The maximum Gasteiger partial charge on any atom is 0.122 e. The topological polar surface area (TPSA) is 22.1 Å². The Hall–Kier alpha value is -1.35. The predicted molar refractivity (Wildman–Crippen MR) is 89.0 cm³/mol. The lowest BCUT2D eigenvalue weighted by atomic mass is 9.87. The summed E-state index contributed by atoms with van der Waals surface area (Å²) in [4.78, 5) is 4.41. The molecule has 1 aromatic heterocycles. The van der Waals surface area contributed by atoms with Crippen LogP contribution in [0, 0.1) is 12.8 Å². The van der Waals surface area contributed by atoms with E-state index < -0.39 is 0 Å². The van der Waals surface area contributed by atoms with E-state index in [1.807, 2.05) is 5.51 Å². The minimum atomic E-state index is 0.839. The number of ether oxygens (including phenoxy) is 1. The van der Waals surface area contributed by atoms with E-state index >= 15 is 0 Å². The monoisotopic (exact) mass is 301 g/mol. The van der Waals surface area contributed by atoms with Crippen LogP contribution < -0.4 is 4.74 Å². The van der Waals surface area contributed by atoms with Crippen LogP contribution in [0.25, 0.3) is 11.3 Å². The van der Waals surface area contributed by atoms with Crippen molar-refractivity contribution in [2.24, 2.45) is 5.92 Å². The molecule has 0 aliphatic heterocycles. The molecule has 1 aromatic carbocycles. The van der Waals surface area contributed by atoms with Crippen LogP contribution in [0.5, 0.6) is 5.75 Å². The maximum atomic E-state index is 6.05. The van der Waals surface area contributed by atoms with E-state index in [1.54, 1.807) is 11.3 Å². The summed E-state index contributed by atoms with van der Waals surface area (Å²) < 4.78 is 6.05. The number of benzene rings is 1. The van der Waals surface area contributed by atoms with E-state index in [9.17, 15) is 0 Å². The Labute approximate surface area is 131 Å². The molecule has 0 amide bonds. The molecule has 1 fully saturated rings. The molecule has 0 saturated heterocycles. The van der Waals surface area contributed by atoms with Gasteiger partial charge in [0.25, 0.3) is 0 Å². The van der Waals surface area contributed by atoms with Gasteiger partial charge >= 0.3 is 0 Å². The van der Waals surface area contributed by atoms with E-state index in [0.717, 1.165) is 24.0 Å². The van der Waals surface area contributed by atoms with Crippen molar-refractivity contribution in [2.45, 2.75) is 45.4 Å². The number of rotatable bonds is 5. The molecule has 112 valence electrons. The zero-order valence-corrected chi connectivity index (χ0v) is 13.5. The molecular formula is C18H23NOS. The van der Waals surface area contributed by atoms with Crippen molar-refractivity contribution in [3.63, 3.8) is 0 Å². The third-order valence-corrected chi connectivity index (χ3v) is 5.09. The minimum absolute atomic E-state index is 0.839. The Morgan fingerprint density at radius 1 is 1.24 bits per heavy atom. The number of nitrogens with zero attached hydrogens (tertiary/aromatic N) is 1. The summed E-state index contributed by atoms with van der Waals surface area (Å²) in [7, 11) is 0. The van der Waals surface area contributed by atoms with Gasteiger partial charge in [-0.15, -0.1) is 11.3 Å². The van der Waals surface area contributed by atoms with Gasteiger partial charge in [-0.3, -0.25) is 0 Å². The van der Waals surface area contributed by atoms with E-state index in [2.05, 4.69) is 35.5 Å². The van der Waals surface area contributed by atoms with Crippen molar-refractivity contribution in [2.75, 3.05) is 6.61 Å². The van der Waals surface area contributed by atoms with Crippen molar-refractivity contribution in [3.8, 4) is 17.0 Å². The predicted octanol–water partition coefficient (Wildman–Crippen LogP) is 5.47. The Kier molecular flexibility index (Phi) is 4.91. The fourth-order valence-corrected chi connectivity index (χ4v) is 3.76. The van der Waals surface area contributed by atoms with Crippen molar-refractivity contribution in [1.82, 2.24) is 4.98 Å². The van der Waals surface area contributed by atoms with E-state index in [0.29, 0.717) is 0 Å². The van der Waals surface area contributed by atoms with Crippen LogP contribution in [-0.2, 0) is 0 Å². The number of hydrogen-bond acceptors (Lipinski definition) is 3. The van der Waals surface area contributed by atoms with Crippen molar-refractivity contribution < 1.29 is 4.74 Å². The van der Waals surface area contributed by atoms with Gasteiger partial charge < -0.3 is 4.74 Å². The molecule has 0 bridgehead atoms. The highest BCUT2D eigenvalue weighted by atomic mass is 32.1. The van der Waals surface area contributed by atoms with Gasteiger partial charge in [-0.05, 0) is 25.3 Å². The molecule has 0 spiro atoms. The first-order valence-electron chi connectivity index (χ1n) is 7.95. The average molecular weight is 301 g/mol. The number of hydrogen-bond donors (Lipinski definition) is 0. The smallest absolute Gasteiger partial charge is 0.122 e. The fraction of sp³-hybridized carbons (Fsp3) is 0.500. The average Bonchev–Trinajstić information content (AvgIpc) is 3.04. The van der Waals surface area contributed by atoms with Gasteiger partial charge in [0, 0.05) is 16.5 Å². The van der Waals surface area contributed by atoms with E-state index in [4.69, 9.17) is 4.74 Å². The van der Waals surface area contributed by atoms with E-state index in [-0.39, 0.29) is 0 Å². The summed E-state index contributed by atoms with van der Waals surface area (Å²) in [5.74, 6) is 1.89. The van der Waals surface area contributed by atoms with Gasteiger partial charge in [0.1, 0.15) is 5.75 Å². The SMILES string of the molecule is Cc1c(OCCC2CCCCC2)cccc1-c1cscn1. The molecule has 0 radical (unpaired) electrons. The van der Waals surface area contributed by atoms with Crippen LogP contribution >= 0.6 is 11.3 Å². The van der Waals surface area contributed by atoms with Crippen LogP contribution in [0.1, 0.15) is 44.1 Å². The first-order valence-corrected chi connectivity index (χ1v) is 8.90. The third-order valence-electron chi connectivity index (χ3n) is 4.50. The molecule has 2 aromatic rings. The molecular weight excluding hydrogens is 278 g/mol. The number of thiazole rings is 1. The summed E-state index contributed by atoms with van der Waals surface area (Å²) >= 11 is 1.63. The highest BCUT2D eigenvalue weighted by molar-refractivity contribution is 7.07. The van der Waals surface area contributed by atoms with Crippen LogP contribution in [0.2, 0.25) is 0 Å². The van der Waals surface area contributed by atoms with Crippen molar-refractivity contribution in [1.29, 1.82) is 0 Å². The summed E-state index contributed by atoms with van der Waals surface area (Å²) in [5.41, 5.74) is 5.32. The second kappa shape index (κ2) is 7.08. The summed E-state index contributed by atoms with van der Waals surface area (Å²) in [6.45, 7) is 2.97. The maximum absolute atomic E-state index is 6.05. The quantitative estimate of drug-likeness (QED) is 0.730. The molecule has 1 aliphatic rings. The zero-order valence-electron chi connectivity index (χ0n) is 12.7. The van der Waals surface area contributed by atoms with Gasteiger partial charge in [-0.25, -0.2) is 4.98 Å². The van der Waals surface area contributed by atoms with Crippen molar-refractivity contribution in [3.05, 3.63) is 34.7 Å². The Balaban J connectivity index is 1.61. The lowest BCUT2D eigenvalue weighted by Crippen LogP contribution is -2.11. The summed E-state index contributed by atoms with van der Waals surface area (Å²) in [6, 6.07) is 6.27. The van der Waals surface area contributed by atoms with Crippen molar-refractivity contribution >= 4 is 11.3 Å². The van der Waals surface area contributed by atoms with Gasteiger partial charge in [-0.2, -0.15) is 0 Å². The normalized spacial score (nSPS) is 16.0. The lowest BCUT2D eigenvalue weighted by molar-refractivity contribution is 0.245. The van der Waals surface area contributed by atoms with Crippen LogP contribution in [0.15, 0.2) is 29.1 Å². The molecule has 21 heavy (non-hydrogen) atoms. The van der Waals surface area contributed by atoms with Crippen LogP contribution in [0.3, 0.4) is 0 Å². The molecule has 2 nitrogen and oxygen atoms in total. The second-order valence-electron chi connectivity index (χ2n) is 5.94.